The van der Waals surface area contributed by atoms with Gasteiger partial charge in [0.15, 0.2) is 0 Å². The fraction of sp³-hybridized carbons (Fsp3) is 0.667. The van der Waals surface area contributed by atoms with E-state index in [2.05, 4.69) is 44.6 Å². The van der Waals surface area contributed by atoms with Crippen LogP contribution in [0.3, 0.4) is 0 Å². The van der Waals surface area contributed by atoms with Crippen molar-refractivity contribution in [2.24, 2.45) is 11.8 Å². The highest BCUT2D eigenvalue weighted by Crippen LogP contribution is 2.34. The van der Waals surface area contributed by atoms with Crippen LogP contribution in [0.5, 0.6) is 5.75 Å². The number of likely N-dealkylation sites (N-methyl/N-ethyl adjacent to an activating group) is 1. The Morgan fingerprint density at radius 3 is 2.65 bits per heavy atom. The van der Waals surface area contributed by atoms with Crippen LogP contribution in [0, 0.1) is 23.7 Å². The molecule has 0 saturated heterocycles. The number of nitrogens with zero attached hydrogens (tertiary/aromatic N) is 2. The standard InChI is InChI=1S/C24H38N2O4S/c1-7-13-25(6)16-23-19(4)15-26(20(5)17-27)31(28,29)24-12-11-21(14-22(24)30-23)10-8-9-18(2)3/h11-12,14,18-20,23,27H,7,9,13,15-17H2,1-6H3/t19-,20+,23+/m1/s1. The Bertz CT molecular complexity index is 889. The molecule has 1 aliphatic rings. The molecule has 1 aliphatic heterocycles. The van der Waals surface area contributed by atoms with Crippen LogP contribution in [0.4, 0.5) is 0 Å². The smallest absolute Gasteiger partial charge is 0.247 e. The van der Waals surface area contributed by atoms with Crippen LogP contribution in [-0.2, 0) is 10.0 Å². The first kappa shape index (κ1) is 25.7. The number of sulfonamides is 1. The SMILES string of the molecule is CCCN(C)C[C@@H]1Oc2cc(C#CCC(C)C)ccc2S(=O)(=O)N([C@@H](C)CO)C[C@H]1C. The van der Waals surface area contributed by atoms with Crippen LogP contribution in [0.15, 0.2) is 23.1 Å². The molecule has 1 aromatic rings. The topological polar surface area (TPSA) is 70.1 Å². The Morgan fingerprint density at radius 1 is 1.32 bits per heavy atom. The summed E-state index contributed by atoms with van der Waals surface area (Å²) < 4.78 is 34.7. The second-order valence-electron chi connectivity index (χ2n) is 9.06. The Labute approximate surface area is 188 Å². The monoisotopic (exact) mass is 450 g/mol. The van der Waals surface area contributed by atoms with Crippen molar-refractivity contribution in [3.05, 3.63) is 23.8 Å². The number of hydrogen-bond donors (Lipinski definition) is 1. The van der Waals surface area contributed by atoms with E-state index in [1.54, 1.807) is 25.1 Å². The van der Waals surface area contributed by atoms with Crippen LogP contribution in [0.1, 0.15) is 53.0 Å². The lowest BCUT2D eigenvalue weighted by atomic mass is 10.0. The number of fused-ring (bicyclic) bond motifs is 1. The van der Waals surface area contributed by atoms with Gasteiger partial charge in [-0.15, -0.1) is 0 Å². The molecule has 0 aromatic heterocycles. The average molecular weight is 451 g/mol. The van der Waals surface area contributed by atoms with Gasteiger partial charge in [-0.1, -0.05) is 39.5 Å². The van der Waals surface area contributed by atoms with Gasteiger partial charge in [0.25, 0.3) is 0 Å². The fourth-order valence-corrected chi connectivity index (χ4v) is 5.48. The molecular weight excluding hydrogens is 412 g/mol. The lowest BCUT2D eigenvalue weighted by molar-refractivity contribution is 0.0752. The van der Waals surface area contributed by atoms with Gasteiger partial charge in [0, 0.05) is 37.0 Å². The predicted molar refractivity (Wildman–Crippen MR) is 125 cm³/mol. The largest absolute Gasteiger partial charge is 0.487 e. The molecule has 0 saturated carbocycles. The normalized spacial score (nSPS) is 22.1. The van der Waals surface area contributed by atoms with Crippen molar-refractivity contribution in [1.29, 1.82) is 0 Å². The zero-order valence-corrected chi connectivity index (χ0v) is 20.6. The summed E-state index contributed by atoms with van der Waals surface area (Å²) in [5.41, 5.74) is 0.741. The van der Waals surface area contributed by atoms with E-state index in [1.807, 2.05) is 6.92 Å². The molecule has 0 aliphatic carbocycles. The Hall–Kier alpha value is -1.59. The molecule has 174 valence electrons. The van der Waals surface area contributed by atoms with Crippen molar-refractivity contribution >= 4 is 10.0 Å². The molecular formula is C24H38N2O4S. The van der Waals surface area contributed by atoms with Gasteiger partial charge in [0.05, 0.1) is 6.61 Å². The first-order chi connectivity index (χ1) is 14.6. The number of hydrogen-bond acceptors (Lipinski definition) is 5. The van der Waals surface area contributed by atoms with Gasteiger partial charge in [0.1, 0.15) is 16.7 Å². The van der Waals surface area contributed by atoms with Gasteiger partial charge in [-0.05, 0) is 51.1 Å². The molecule has 1 aromatic carbocycles. The quantitative estimate of drug-likeness (QED) is 0.646. The van der Waals surface area contributed by atoms with E-state index in [4.69, 9.17) is 4.74 Å². The maximum Gasteiger partial charge on any atom is 0.247 e. The van der Waals surface area contributed by atoms with Crippen molar-refractivity contribution < 1.29 is 18.3 Å². The lowest BCUT2D eigenvalue weighted by Crippen LogP contribution is -2.49. The predicted octanol–water partition coefficient (Wildman–Crippen LogP) is 3.19. The van der Waals surface area contributed by atoms with Crippen molar-refractivity contribution in [1.82, 2.24) is 9.21 Å². The van der Waals surface area contributed by atoms with Crippen molar-refractivity contribution in [3.63, 3.8) is 0 Å². The van der Waals surface area contributed by atoms with Crippen LogP contribution in [0.2, 0.25) is 0 Å². The van der Waals surface area contributed by atoms with Crippen LogP contribution >= 0.6 is 0 Å². The van der Waals surface area contributed by atoms with Gasteiger partial charge >= 0.3 is 0 Å². The second kappa shape index (κ2) is 11.3. The highest BCUT2D eigenvalue weighted by molar-refractivity contribution is 7.89. The third kappa shape index (κ3) is 6.69. The minimum absolute atomic E-state index is 0.0492. The minimum Gasteiger partial charge on any atom is -0.487 e. The summed E-state index contributed by atoms with van der Waals surface area (Å²) in [6.07, 6.45) is 1.63. The van der Waals surface area contributed by atoms with Gasteiger partial charge in [-0.25, -0.2) is 8.42 Å². The summed E-state index contributed by atoms with van der Waals surface area (Å²) in [6, 6.07) is 4.55. The third-order valence-electron chi connectivity index (χ3n) is 5.51. The highest BCUT2D eigenvalue weighted by Gasteiger charge is 2.38. The van der Waals surface area contributed by atoms with Gasteiger partial charge in [0.2, 0.25) is 10.0 Å². The molecule has 2 rings (SSSR count). The van der Waals surface area contributed by atoms with Gasteiger partial charge < -0.3 is 14.7 Å². The maximum atomic E-state index is 13.5. The first-order valence-electron chi connectivity index (χ1n) is 11.2. The number of rotatable bonds is 7. The van der Waals surface area contributed by atoms with E-state index in [9.17, 15) is 13.5 Å². The Balaban J connectivity index is 2.52. The zero-order chi connectivity index (χ0) is 23.2. The Kier molecular flexibility index (Phi) is 9.38. The van der Waals surface area contributed by atoms with Crippen LogP contribution < -0.4 is 4.74 Å². The molecule has 0 bridgehead atoms. The van der Waals surface area contributed by atoms with Crippen molar-refractivity contribution in [3.8, 4) is 17.6 Å². The first-order valence-corrected chi connectivity index (χ1v) is 12.6. The summed E-state index contributed by atoms with van der Waals surface area (Å²) in [4.78, 5) is 2.35. The maximum absolute atomic E-state index is 13.5. The lowest BCUT2D eigenvalue weighted by Gasteiger charge is -2.37. The molecule has 1 heterocycles. The van der Waals surface area contributed by atoms with Crippen LogP contribution in [-0.4, -0.2) is 68.2 Å². The van der Waals surface area contributed by atoms with Crippen LogP contribution in [0.25, 0.3) is 0 Å². The summed E-state index contributed by atoms with van der Waals surface area (Å²) in [6.45, 7) is 11.8. The summed E-state index contributed by atoms with van der Waals surface area (Å²) >= 11 is 0. The molecule has 0 unspecified atom stereocenters. The summed E-state index contributed by atoms with van der Waals surface area (Å²) in [5, 5.41) is 9.72. The molecule has 0 spiro atoms. The fourth-order valence-electron chi connectivity index (χ4n) is 3.66. The summed E-state index contributed by atoms with van der Waals surface area (Å²) in [5.74, 6) is 7.05. The van der Waals surface area contributed by atoms with Gasteiger partial charge in [-0.3, -0.25) is 0 Å². The number of benzene rings is 1. The Morgan fingerprint density at radius 2 is 2.03 bits per heavy atom. The highest BCUT2D eigenvalue weighted by atomic mass is 32.2. The van der Waals surface area contributed by atoms with E-state index in [1.165, 1.54) is 4.31 Å². The van der Waals surface area contributed by atoms with E-state index in [0.29, 0.717) is 24.8 Å². The number of aliphatic hydroxyl groups excluding tert-OH is 1. The molecule has 3 atom stereocenters. The molecule has 31 heavy (non-hydrogen) atoms. The van der Waals surface area contributed by atoms with Crippen molar-refractivity contribution in [2.45, 2.75) is 64.5 Å². The summed E-state index contributed by atoms with van der Waals surface area (Å²) in [7, 11) is -1.76. The number of aliphatic hydroxyl groups is 1. The molecule has 0 radical (unpaired) electrons. The zero-order valence-electron chi connectivity index (χ0n) is 19.8. The average Bonchev–Trinajstić information content (AvgIpc) is 2.70. The molecule has 6 nitrogen and oxygen atoms in total. The molecule has 0 amide bonds. The van der Waals surface area contributed by atoms with E-state index < -0.39 is 16.1 Å². The van der Waals surface area contributed by atoms with E-state index >= 15 is 0 Å². The van der Waals surface area contributed by atoms with Gasteiger partial charge in [-0.2, -0.15) is 4.31 Å². The molecule has 0 fully saturated rings. The molecule has 1 N–H and O–H groups in total. The molecule has 7 heteroatoms. The third-order valence-corrected chi connectivity index (χ3v) is 7.53. The van der Waals surface area contributed by atoms with E-state index in [-0.39, 0.29) is 23.5 Å². The van der Waals surface area contributed by atoms with Crippen molar-refractivity contribution in [2.75, 3.05) is 33.3 Å². The number of ether oxygens (including phenoxy) is 1. The van der Waals surface area contributed by atoms with E-state index in [0.717, 1.165) is 24.9 Å². The second-order valence-corrected chi connectivity index (χ2v) is 10.9. The minimum atomic E-state index is -3.81.